The lowest BCUT2D eigenvalue weighted by Crippen LogP contribution is -2.37. The minimum Gasteiger partial charge on any atom is -0.324 e. The van der Waals surface area contributed by atoms with Crippen LogP contribution in [0.25, 0.3) is 0 Å². The zero-order chi connectivity index (χ0) is 19.5. The molecule has 1 N–H and O–H groups in total. The normalized spacial score (nSPS) is 11.0. The quantitative estimate of drug-likeness (QED) is 0.610. The molecule has 26 heavy (non-hydrogen) atoms. The topological polar surface area (TPSA) is 110 Å². The second-order valence-corrected chi connectivity index (χ2v) is 7.41. The Labute approximate surface area is 149 Å². The van der Waals surface area contributed by atoms with E-state index in [-0.39, 0.29) is 22.6 Å². The molecule has 1 amide bonds. The Morgan fingerprint density at radius 3 is 2.38 bits per heavy atom. The van der Waals surface area contributed by atoms with E-state index in [4.69, 9.17) is 0 Å². The van der Waals surface area contributed by atoms with Crippen molar-refractivity contribution in [3.05, 3.63) is 64.0 Å². The lowest BCUT2D eigenvalue weighted by molar-refractivity contribution is -0.385. The maximum atomic E-state index is 13.0. The van der Waals surface area contributed by atoms with Crippen molar-refractivity contribution in [3.8, 4) is 0 Å². The van der Waals surface area contributed by atoms with Crippen LogP contribution in [-0.2, 0) is 14.8 Å². The number of carbonyl (C=O) groups excluding carboxylic acids is 1. The van der Waals surface area contributed by atoms with Gasteiger partial charge < -0.3 is 5.32 Å². The number of hydrogen-bond donors (Lipinski definition) is 1. The van der Waals surface area contributed by atoms with Crippen molar-refractivity contribution >= 4 is 33.0 Å². The van der Waals surface area contributed by atoms with Crippen LogP contribution in [0.15, 0.2) is 42.5 Å². The Morgan fingerprint density at radius 1 is 1.23 bits per heavy atom. The maximum Gasteiger partial charge on any atom is 0.274 e. The number of nitrogens with zero attached hydrogens (tertiary/aromatic N) is 2. The van der Waals surface area contributed by atoms with Gasteiger partial charge in [-0.3, -0.25) is 19.2 Å². The summed E-state index contributed by atoms with van der Waals surface area (Å²) in [5.74, 6) is -1.23. The second-order valence-electron chi connectivity index (χ2n) is 5.50. The smallest absolute Gasteiger partial charge is 0.274 e. The molecule has 0 unspecified atom stereocenters. The van der Waals surface area contributed by atoms with E-state index in [0.29, 0.717) is 0 Å². The van der Waals surface area contributed by atoms with Crippen LogP contribution in [0.1, 0.15) is 5.56 Å². The summed E-state index contributed by atoms with van der Waals surface area (Å²) in [6, 6.07) is 8.82. The summed E-state index contributed by atoms with van der Waals surface area (Å²) < 4.78 is 37.8. The Kier molecular flexibility index (Phi) is 5.56. The molecule has 0 atom stereocenters. The molecule has 0 aliphatic rings. The number of halogens is 1. The van der Waals surface area contributed by atoms with Gasteiger partial charge in [-0.15, -0.1) is 0 Å². The molecule has 0 spiro atoms. The monoisotopic (exact) mass is 381 g/mol. The van der Waals surface area contributed by atoms with Gasteiger partial charge in [-0.05, 0) is 37.3 Å². The molecule has 0 aliphatic carbocycles. The average molecular weight is 381 g/mol. The first-order chi connectivity index (χ1) is 12.1. The Hall–Kier alpha value is -3.01. The van der Waals surface area contributed by atoms with Gasteiger partial charge in [0.05, 0.1) is 28.1 Å². The SMILES string of the molecule is Cc1c(NC(=O)CN(c2ccc(F)cc2)S(C)(=O)=O)cccc1[N+](=O)[O-]. The van der Waals surface area contributed by atoms with E-state index in [1.165, 1.54) is 37.3 Å². The highest BCUT2D eigenvalue weighted by Gasteiger charge is 2.22. The van der Waals surface area contributed by atoms with E-state index in [0.717, 1.165) is 22.7 Å². The number of anilines is 2. The van der Waals surface area contributed by atoms with Crippen molar-refractivity contribution < 1.29 is 22.5 Å². The van der Waals surface area contributed by atoms with Crippen molar-refractivity contribution in [3.63, 3.8) is 0 Å². The van der Waals surface area contributed by atoms with Crippen LogP contribution in [0.3, 0.4) is 0 Å². The first-order valence-electron chi connectivity index (χ1n) is 7.36. The van der Waals surface area contributed by atoms with E-state index in [2.05, 4.69) is 5.32 Å². The highest BCUT2D eigenvalue weighted by atomic mass is 32.2. The third-order valence-electron chi connectivity index (χ3n) is 3.58. The Morgan fingerprint density at radius 2 is 1.85 bits per heavy atom. The van der Waals surface area contributed by atoms with E-state index in [1.807, 2.05) is 0 Å². The van der Waals surface area contributed by atoms with Crippen LogP contribution < -0.4 is 9.62 Å². The molecule has 0 radical (unpaired) electrons. The average Bonchev–Trinajstić information content (AvgIpc) is 2.54. The highest BCUT2D eigenvalue weighted by molar-refractivity contribution is 7.92. The number of rotatable bonds is 6. The van der Waals surface area contributed by atoms with Crippen molar-refractivity contribution in [2.75, 3.05) is 22.4 Å². The zero-order valence-corrected chi connectivity index (χ0v) is 14.8. The van der Waals surface area contributed by atoms with Crippen molar-refractivity contribution in [1.29, 1.82) is 0 Å². The molecule has 10 heteroatoms. The number of benzene rings is 2. The molecule has 2 aromatic rings. The lowest BCUT2D eigenvalue weighted by Gasteiger charge is -2.22. The summed E-state index contributed by atoms with van der Waals surface area (Å²) in [4.78, 5) is 22.7. The van der Waals surface area contributed by atoms with Gasteiger partial charge in [-0.25, -0.2) is 12.8 Å². The standard InChI is InChI=1S/C16H16FN3O5S/c1-11-14(4-3-5-15(11)20(22)23)18-16(21)10-19(26(2,24)25)13-8-6-12(17)7-9-13/h3-9H,10H2,1-2H3,(H,18,21). The van der Waals surface area contributed by atoms with Gasteiger partial charge in [0.2, 0.25) is 15.9 Å². The van der Waals surface area contributed by atoms with Gasteiger partial charge in [0.25, 0.3) is 5.69 Å². The van der Waals surface area contributed by atoms with Gasteiger partial charge in [-0.2, -0.15) is 0 Å². The van der Waals surface area contributed by atoms with Crippen molar-refractivity contribution in [2.45, 2.75) is 6.92 Å². The molecule has 0 aliphatic heterocycles. The highest BCUT2D eigenvalue weighted by Crippen LogP contribution is 2.25. The molecular formula is C16H16FN3O5S. The van der Waals surface area contributed by atoms with Gasteiger partial charge in [-0.1, -0.05) is 6.07 Å². The molecular weight excluding hydrogens is 365 g/mol. The number of nitro groups is 1. The summed E-state index contributed by atoms with van der Waals surface area (Å²) >= 11 is 0. The lowest BCUT2D eigenvalue weighted by atomic mass is 10.1. The molecule has 0 heterocycles. The van der Waals surface area contributed by atoms with Crippen molar-refractivity contribution in [1.82, 2.24) is 0 Å². The predicted molar refractivity (Wildman–Crippen MR) is 95.1 cm³/mol. The Bertz CT molecular complexity index is 945. The zero-order valence-electron chi connectivity index (χ0n) is 14.0. The second kappa shape index (κ2) is 7.48. The van der Waals surface area contributed by atoms with Crippen LogP contribution >= 0.6 is 0 Å². The van der Waals surface area contributed by atoms with Gasteiger partial charge in [0, 0.05) is 6.07 Å². The molecule has 0 saturated heterocycles. The number of sulfonamides is 1. The van der Waals surface area contributed by atoms with Gasteiger partial charge >= 0.3 is 0 Å². The van der Waals surface area contributed by atoms with Crippen molar-refractivity contribution in [2.24, 2.45) is 0 Å². The number of amides is 1. The molecule has 138 valence electrons. The predicted octanol–water partition coefficient (Wildman–Crippen LogP) is 2.45. The summed E-state index contributed by atoms with van der Waals surface area (Å²) in [5, 5.41) is 13.4. The Balaban J connectivity index is 2.25. The van der Waals surface area contributed by atoms with Crippen LogP contribution in [0.4, 0.5) is 21.5 Å². The van der Waals surface area contributed by atoms with Crippen LogP contribution in [0.2, 0.25) is 0 Å². The number of nitrogens with one attached hydrogen (secondary N) is 1. The molecule has 8 nitrogen and oxygen atoms in total. The molecule has 2 rings (SSSR count). The number of hydrogen-bond acceptors (Lipinski definition) is 5. The maximum absolute atomic E-state index is 13.0. The molecule has 0 fully saturated rings. The molecule has 0 aromatic heterocycles. The third kappa shape index (κ3) is 4.54. The van der Waals surface area contributed by atoms with Gasteiger partial charge in [0.15, 0.2) is 0 Å². The number of nitro benzene ring substituents is 1. The minimum absolute atomic E-state index is 0.125. The summed E-state index contributed by atoms with van der Waals surface area (Å²) in [7, 11) is -3.81. The fourth-order valence-corrected chi connectivity index (χ4v) is 3.14. The fraction of sp³-hybridized carbons (Fsp3) is 0.188. The van der Waals surface area contributed by atoms with E-state index in [9.17, 15) is 27.7 Å². The van der Waals surface area contributed by atoms with Gasteiger partial charge in [0.1, 0.15) is 12.4 Å². The first-order valence-corrected chi connectivity index (χ1v) is 9.21. The van der Waals surface area contributed by atoms with E-state index >= 15 is 0 Å². The first kappa shape index (κ1) is 19.3. The van der Waals surface area contributed by atoms with E-state index < -0.39 is 33.2 Å². The summed E-state index contributed by atoms with van der Waals surface area (Å²) in [6.07, 6.45) is 0.919. The molecule has 2 aromatic carbocycles. The summed E-state index contributed by atoms with van der Waals surface area (Å²) in [6.45, 7) is 0.911. The van der Waals surface area contributed by atoms with Crippen LogP contribution in [0.5, 0.6) is 0 Å². The largest absolute Gasteiger partial charge is 0.324 e. The summed E-state index contributed by atoms with van der Waals surface area (Å²) in [5.41, 5.74) is 0.413. The molecule has 0 bridgehead atoms. The number of carbonyl (C=O) groups is 1. The van der Waals surface area contributed by atoms with Crippen LogP contribution in [0, 0.1) is 22.9 Å². The minimum atomic E-state index is -3.81. The molecule has 0 saturated carbocycles. The van der Waals surface area contributed by atoms with E-state index in [1.54, 1.807) is 0 Å². The van der Waals surface area contributed by atoms with Crippen LogP contribution in [-0.4, -0.2) is 32.0 Å². The third-order valence-corrected chi connectivity index (χ3v) is 4.72. The fourth-order valence-electron chi connectivity index (χ4n) is 2.28.